The molecule has 0 spiro atoms. The van der Waals surface area contributed by atoms with Gasteiger partial charge in [-0.3, -0.25) is 9.78 Å². The number of rotatable bonds is 17. The number of piperazine rings is 1. The van der Waals surface area contributed by atoms with E-state index in [0.29, 0.717) is 87.9 Å². The van der Waals surface area contributed by atoms with Gasteiger partial charge in [-0.25, -0.2) is 8.78 Å². The fourth-order valence-corrected chi connectivity index (χ4v) is 15.8. The second-order valence-corrected chi connectivity index (χ2v) is 24.2. The summed E-state index contributed by atoms with van der Waals surface area (Å²) in [5.41, 5.74) is 5.39. The Morgan fingerprint density at radius 2 is 1.60 bits per heavy atom. The van der Waals surface area contributed by atoms with Crippen molar-refractivity contribution in [1.82, 2.24) is 24.8 Å². The van der Waals surface area contributed by atoms with Gasteiger partial charge in [-0.15, -0.1) is 5.54 Å². The van der Waals surface area contributed by atoms with Crippen molar-refractivity contribution < 1.29 is 32.5 Å². The van der Waals surface area contributed by atoms with Crippen LogP contribution in [0.25, 0.3) is 32.9 Å². The van der Waals surface area contributed by atoms with E-state index in [4.69, 9.17) is 33.9 Å². The number of carbonyl (C=O) groups excluding carboxylic acids is 1. The number of esters is 1. The van der Waals surface area contributed by atoms with Gasteiger partial charge in [0, 0.05) is 76.6 Å². The number of hydrogen-bond donors (Lipinski definition) is 0. The highest BCUT2D eigenvalue weighted by Crippen LogP contribution is 2.44. The number of anilines is 1. The van der Waals surface area contributed by atoms with Crippen molar-refractivity contribution in [2.75, 3.05) is 84.4 Å². The summed E-state index contributed by atoms with van der Waals surface area (Å²) < 4.78 is 56.5. The molecule has 0 radical (unpaired) electrons. The topological polar surface area (TPSA) is 102 Å². The van der Waals surface area contributed by atoms with Crippen molar-refractivity contribution in [3.05, 3.63) is 47.7 Å². The van der Waals surface area contributed by atoms with Crippen molar-refractivity contribution >= 4 is 41.5 Å². The van der Waals surface area contributed by atoms with E-state index in [-0.39, 0.29) is 35.5 Å². The first kappa shape index (κ1) is 46.6. The summed E-state index contributed by atoms with van der Waals surface area (Å²) in [4.78, 5) is 33.3. The lowest BCUT2D eigenvalue weighted by atomic mass is 9.95. The number of hydrogen-bond acceptors (Lipinski definition) is 11. The van der Waals surface area contributed by atoms with Crippen molar-refractivity contribution in [1.29, 1.82) is 0 Å². The van der Waals surface area contributed by atoms with E-state index in [1.165, 1.54) is 32.4 Å². The van der Waals surface area contributed by atoms with Crippen LogP contribution in [0.4, 0.5) is 14.6 Å². The van der Waals surface area contributed by atoms with E-state index in [1.807, 2.05) is 13.0 Å². The Labute approximate surface area is 373 Å². The number of carbonyl (C=O) groups is 1. The molecule has 3 aliphatic rings. The Kier molecular flexibility index (Phi) is 15.2. The molecular weight excluding hydrogens is 819 g/mol. The zero-order valence-corrected chi connectivity index (χ0v) is 39.6. The summed E-state index contributed by atoms with van der Waals surface area (Å²) in [6, 6.07) is 6.73. The lowest BCUT2D eigenvalue weighted by molar-refractivity contribution is -0.143. The first-order valence-corrected chi connectivity index (χ1v) is 25.3. The van der Waals surface area contributed by atoms with Gasteiger partial charge >= 0.3 is 12.0 Å². The molecule has 2 bridgehead atoms. The Bertz CT molecular complexity index is 2280. The molecule has 11 nitrogen and oxygen atoms in total. The molecule has 0 N–H and O–H groups in total. The number of methoxy groups -OCH3 is 1. The van der Waals surface area contributed by atoms with Gasteiger partial charge < -0.3 is 33.6 Å². The van der Waals surface area contributed by atoms with Crippen LogP contribution in [0.5, 0.6) is 11.8 Å². The van der Waals surface area contributed by atoms with E-state index in [9.17, 15) is 4.79 Å². The van der Waals surface area contributed by atoms with Gasteiger partial charge in [0.1, 0.15) is 36.7 Å². The lowest BCUT2D eigenvalue weighted by Crippen LogP contribution is -2.47. The molecule has 4 aromatic rings. The molecule has 3 fully saturated rings. The van der Waals surface area contributed by atoms with Crippen LogP contribution in [-0.4, -0.2) is 118 Å². The number of pyridine rings is 1. The summed E-state index contributed by atoms with van der Waals surface area (Å²) in [5.74, 6) is 4.25. The van der Waals surface area contributed by atoms with E-state index >= 15 is 8.78 Å². The van der Waals surface area contributed by atoms with E-state index in [1.54, 1.807) is 18.3 Å². The molecule has 2 aromatic heterocycles. The van der Waals surface area contributed by atoms with Crippen LogP contribution in [0.1, 0.15) is 86.1 Å². The van der Waals surface area contributed by atoms with Crippen LogP contribution < -0.4 is 14.4 Å². The summed E-state index contributed by atoms with van der Waals surface area (Å²) in [6.07, 6.45) is 6.35. The second-order valence-electron chi connectivity index (χ2n) is 18.6. The Morgan fingerprint density at radius 1 is 0.921 bits per heavy atom. The van der Waals surface area contributed by atoms with Crippen LogP contribution in [0.15, 0.2) is 30.5 Å². The van der Waals surface area contributed by atoms with Gasteiger partial charge in [0.15, 0.2) is 12.6 Å². The number of fused-ring (bicyclic) bond motifs is 4. The maximum atomic E-state index is 17.6. The Hall–Kier alpha value is -4.42. The van der Waals surface area contributed by atoms with Gasteiger partial charge in [-0.1, -0.05) is 53.5 Å². The average molecular weight is 885 g/mol. The Morgan fingerprint density at radius 3 is 2.25 bits per heavy atom. The molecule has 1 saturated carbocycles. The molecular formula is C49H66F2N6O5Si. The first-order chi connectivity index (χ1) is 30.3. The SMILES string of the molecule is CCOC(=O)CCN1CCN(CCCOc2nc(N3CC4CCC(C4)C3)c3cnc(-c4cc(OCOC)cc5ccc(F)c(C#C[Si](C(C)C)(C(C)C)C(C)C)c45)c(F)c3n2)CC1. The molecule has 2 saturated heterocycles. The molecule has 63 heavy (non-hydrogen) atoms. The van der Waals surface area contributed by atoms with Crippen LogP contribution >= 0.6 is 0 Å². The maximum Gasteiger partial charge on any atom is 0.319 e. The molecule has 7 rings (SSSR count). The Balaban J connectivity index is 1.24. The molecule has 2 atom stereocenters. The molecule has 2 aromatic carbocycles. The third kappa shape index (κ3) is 10.3. The zero-order chi connectivity index (χ0) is 44.8. The number of benzene rings is 2. The van der Waals surface area contributed by atoms with Crippen molar-refractivity contribution in [3.8, 4) is 34.5 Å². The van der Waals surface area contributed by atoms with Crippen molar-refractivity contribution in [2.24, 2.45) is 11.8 Å². The normalized spacial score (nSPS) is 18.5. The lowest BCUT2D eigenvalue weighted by Gasteiger charge is -2.38. The number of aromatic nitrogens is 3. The van der Waals surface area contributed by atoms with Crippen LogP contribution in [0.2, 0.25) is 16.6 Å². The van der Waals surface area contributed by atoms with E-state index < -0.39 is 19.7 Å². The summed E-state index contributed by atoms with van der Waals surface area (Å²) in [6.45, 7) is 22.7. The van der Waals surface area contributed by atoms with Crippen LogP contribution in [0, 0.1) is 34.9 Å². The van der Waals surface area contributed by atoms with Gasteiger partial charge in [0.2, 0.25) is 0 Å². The number of ether oxygens (including phenoxy) is 4. The standard InChI is InChI=1S/C49H66F2N6O5Si/c1-9-60-43(58)15-18-56-21-19-55(20-22-56)17-10-23-61-49-53-47-41(48(54-49)57-29-35-11-12-36(25-35)30-57)28-52-46(45(47)51)40-27-38(62-31-59-8)26-37-13-14-42(50)39(44(37)40)16-24-63(32(2)3,33(4)5)34(6)7/h13-14,26-28,32-36H,9-12,15,17-23,25,29-31H2,1-8H3. The maximum absolute atomic E-state index is 17.6. The number of piperidine rings is 1. The molecule has 4 heterocycles. The monoisotopic (exact) mass is 884 g/mol. The zero-order valence-electron chi connectivity index (χ0n) is 38.6. The molecule has 14 heteroatoms. The van der Waals surface area contributed by atoms with Gasteiger partial charge in [-0.05, 0) is 84.7 Å². The highest BCUT2D eigenvalue weighted by atomic mass is 28.3. The number of nitrogens with zero attached hydrogens (tertiary/aromatic N) is 6. The van der Waals surface area contributed by atoms with Gasteiger partial charge in [0.25, 0.3) is 0 Å². The van der Waals surface area contributed by atoms with Crippen molar-refractivity contribution in [3.63, 3.8) is 0 Å². The minimum atomic E-state index is -2.28. The highest BCUT2D eigenvalue weighted by molar-refractivity contribution is 6.90. The highest BCUT2D eigenvalue weighted by Gasteiger charge is 2.42. The van der Waals surface area contributed by atoms with Gasteiger partial charge in [0.05, 0.1) is 30.6 Å². The van der Waals surface area contributed by atoms with Crippen LogP contribution in [-0.2, 0) is 14.3 Å². The molecule has 2 unspecified atom stereocenters. The summed E-state index contributed by atoms with van der Waals surface area (Å²) in [5, 5.41) is 1.62. The predicted molar refractivity (Wildman–Crippen MR) is 248 cm³/mol. The molecule has 340 valence electrons. The fourth-order valence-electron chi connectivity index (χ4n) is 10.6. The van der Waals surface area contributed by atoms with Crippen LogP contribution in [0.3, 0.4) is 0 Å². The van der Waals surface area contributed by atoms with Gasteiger partial charge in [-0.2, -0.15) is 9.97 Å². The van der Waals surface area contributed by atoms with E-state index in [2.05, 4.69) is 67.7 Å². The molecule has 0 amide bonds. The van der Waals surface area contributed by atoms with E-state index in [0.717, 1.165) is 52.2 Å². The first-order valence-electron chi connectivity index (χ1n) is 23.1. The fraction of sp³-hybridized carbons (Fsp3) is 0.592. The minimum absolute atomic E-state index is 0.0137. The quantitative estimate of drug-likeness (QED) is 0.0334. The summed E-state index contributed by atoms with van der Waals surface area (Å²) >= 11 is 0. The molecule has 1 aliphatic carbocycles. The smallest absolute Gasteiger partial charge is 0.319 e. The number of halogens is 2. The molecule has 2 aliphatic heterocycles. The second kappa shape index (κ2) is 20.6. The third-order valence-corrected chi connectivity index (χ3v) is 20.0. The third-order valence-electron chi connectivity index (χ3n) is 13.7. The largest absolute Gasteiger partial charge is 0.468 e. The average Bonchev–Trinajstić information content (AvgIpc) is 3.60. The minimum Gasteiger partial charge on any atom is -0.468 e. The van der Waals surface area contributed by atoms with Crippen molar-refractivity contribution in [2.45, 2.75) is 97.2 Å². The summed E-state index contributed by atoms with van der Waals surface area (Å²) in [7, 11) is -0.742. The predicted octanol–water partition coefficient (Wildman–Crippen LogP) is 9.25.